The van der Waals surface area contributed by atoms with Crippen molar-refractivity contribution in [1.82, 2.24) is 9.97 Å². The second kappa shape index (κ2) is 13.5. The van der Waals surface area contributed by atoms with E-state index in [1.165, 1.54) is 0 Å². The highest BCUT2D eigenvalue weighted by Crippen LogP contribution is 2.54. The lowest BCUT2D eigenvalue weighted by molar-refractivity contribution is -0.396. The third-order valence-electron chi connectivity index (χ3n) is 5.66. The fraction of sp³-hybridized carbons (Fsp3) is 0.600. The van der Waals surface area contributed by atoms with Crippen molar-refractivity contribution in [1.29, 1.82) is 0 Å². The first-order valence-corrected chi connectivity index (χ1v) is 12.1. The van der Waals surface area contributed by atoms with E-state index in [1.54, 1.807) is 24.3 Å². The zero-order chi connectivity index (χ0) is 29.3. The number of halogens is 10. The Morgan fingerprint density at radius 3 is 1.92 bits per heavy atom. The topological polar surface area (TPSA) is 44.2 Å². The number of rotatable bonds is 16. The number of benzene rings is 1. The smallest absolute Gasteiger partial charge is 0.460 e. The molecular formula is C25H28F10N2O2. The molecule has 0 aliphatic carbocycles. The van der Waals surface area contributed by atoms with Crippen LogP contribution in [0.4, 0.5) is 43.9 Å². The molecule has 1 aromatic carbocycles. The van der Waals surface area contributed by atoms with E-state index < -0.39 is 49.6 Å². The van der Waals surface area contributed by atoms with Crippen LogP contribution in [0.3, 0.4) is 0 Å². The number of aromatic nitrogens is 2. The molecular weight excluding hydrogens is 550 g/mol. The first kappa shape index (κ1) is 32.4. The standard InChI is InChI=1S/C25H28F10N2O2/c1-2-3-4-5-7-18(26)16-39-19-10-8-17(9-11-19)21-36-14-20(15-37-21)38-13-6-12-22(27,28)23(29,30)24(31,32)25(33,34)35/h8-11,14-15,18H,2-7,12-13,16H2,1H3. The summed E-state index contributed by atoms with van der Waals surface area (Å²) in [5, 5.41) is 0. The molecule has 220 valence electrons. The van der Waals surface area contributed by atoms with Gasteiger partial charge in [-0.05, 0) is 37.1 Å². The van der Waals surface area contributed by atoms with Crippen LogP contribution in [0.5, 0.6) is 11.5 Å². The van der Waals surface area contributed by atoms with Crippen LogP contribution in [0.25, 0.3) is 11.4 Å². The number of unbranched alkanes of at least 4 members (excludes halogenated alkanes) is 3. The molecule has 4 nitrogen and oxygen atoms in total. The van der Waals surface area contributed by atoms with Gasteiger partial charge in [-0.1, -0.05) is 32.6 Å². The summed E-state index contributed by atoms with van der Waals surface area (Å²) in [6, 6.07) is 6.40. The van der Waals surface area contributed by atoms with Crippen LogP contribution >= 0.6 is 0 Å². The highest BCUT2D eigenvalue weighted by molar-refractivity contribution is 5.56. The molecule has 0 fully saturated rings. The quantitative estimate of drug-likeness (QED) is 0.148. The van der Waals surface area contributed by atoms with Gasteiger partial charge in [0.1, 0.15) is 18.5 Å². The van der Waals surface area contributed by atoms with Gasteiger partial charge in [0.05, 0.1) is 19.0 Å². The predicted molar refractivity (Wildman–Crippen MR) is 122 cm³/mol. The molecule has 1 heterocycles. The minimum Gasteiger partial charge on any atom is -0.491 e. The van der Waals surface area contributed by atoms with Crippen molar-refractivity contribution in [3.63, 3.8) is 0 Å². The molecule has 0 aliphatic heterocycles. The normalized spacial score (nSPS) is 13.8. The fourth-order valence-corrected chi connectivity index (χ4v) is 3.35. The van der Waals surface area contributed by atoms with Gasteiger partial charge in [0.2, 0.25) is 0 Å². The molecule has 2 rings (SSSR count). The molecule has 1 aromatic heterocycles. The largest absolute Gasteiger partial charge is 0.491 e. The summed E-state index contributed by atoms with van der Waals surface area (Å²) >= 11 is 0. The molecule has 0 amide bonds. The molecule has 1 atom stereocenters. The molecule has 1 unspecified atom stereocenters. The first-order valence-electron chi connectivity index (χ1n) is 12.1. The summed E-state index contributed by atoms with van der Waals surface area (Å²) in [7, 11) is 0. The van der Waals surface area contributed by atoms with E-state index in [2.05, 4.69) is 16.9 Å². The van der Waals surface area contributed by atoms with Gasteiger partial charge in [0.25, 0.3) is 0 Å². The SMILES string of the molecule is CCCCCCC(F)COc1ccc(-c2ncc(OCCCC(F)(F)C(F)(F)C(F)(F)C(F)(F)F)cn2)cc1. The van der Waals surface area contributed by atoms with Crippen molar-refractivity contribution in [2.75, 3.05) is 13.2 Å². The van der Waals surface area contributed by atoms with E-state index in [1.807, 2.05) is 0 Å². The fourth-order valence-electron chi connectivity index (χ4n) is 3.35. The Labute approximate surface area is 218 Å². The number of hydrogen-bond acceptors (Lipinski definition) is 4. The maximum atomic E-state index is 13.9. The van der Waals surface area contributed by atoms with Gasteiger partial charge in [-0.15, -0.1) is 0 Å². The van der Waals surface area contributed by atoms with Crippen LogP contribution in [0.2, 0.25) is 0 Å². The Balaban J connectivity index is 1.83. The summed E-state index contributed by atoms with van der Waals surface area (Å²) in [5.74, 6) is -18.6. The van der Waals surface area contributed by atoms with Crippen LogP contribution < -0.4 is 9.47 Å². The summed E-state index contributed by atoms with van der Waals surface area (Å²) in [4.78, 5) is 8.00. The predicted octanol–water partition coefficient (Wildman–Crippen LogP) is 8.46. The van der Waals surface area contributed by atoms with E-state index in [4.69, 9.17) is 9.47 Å². The van der Waals surface area contributed by atoms with E-state index in [-0.39, 0.29) is 18.2 Å². The van der Waals surface area contributed by atoms with Crippen molar-refractivity contribution in [3.8, 4) is 22.9 Å². The molecule has 39 heavy (non-hydrogen) atoms. The molecule has 14 heteroatoms. The monoisotopic (exact) mass is 578 g/mol. The van der Waals surface area contributed by atoms with E-state index in [0.29, 0.717) is 17.7 Å². The van der Waals surface area contributed by atoms with Gasteiger partial charge in [0, 0.05) is 12.0 Å². The molecule has 2 aromatic rings. The third kappa shape index (κ3) is 8.59. The lowest BCUT2D eigenvalue weighted by Gasteiger charge is -2.33. The lowest BCUT2D eigenvalue weighted by atomic mass is 10.00. The number of ether oxygens (including phenoxy) is 2. The zero-order valence-electron chi connectivity index (χ0n) is 20.9. The lowest BCUT2D eigenvalue weighted by Crippen LogP contribution is -2.60. The van der Waals surface area contributed by atoms with Gasteiger partial charge in [0.15, 0.2) is 11.6 Å². The molecule has 0 saturated heterocycles. The molecule has 0 aliphatic rings. The average Bonchev–Trinajstić information content (AvgIpc) is 2.88. The van der Waals surface area contributed by atoms with E-state index >= 15 is 0 Å². The average molecular weight is 578 g/mol. The Bertz CT molecular complexity index is 999. The van der Waals surface area contributed by atoms with Gasteiger partial charge < -0.3 is 9.47 Å². The van der Waals surface area contributed by atoms with Crippen LogP contribution in [-0.2, 0) is 0 Å². The van der Waals surface area contributed by atoms with E-state index in [9.17, 15) is 43.9 Å². The summed E-state index contributed by atoms with van der Waals surface area (Å²) in [6.07, 6.45) is -4.32. The van der Waals surface area contributed by atoms with Crippen molar-refractivity contribution < 1.29 is 53.4 Å². The van der Waals surface area contributed by atoms with Gasteiger partial charge >= 0.3 is 23.9 Å². The van der Waals surface area contributed by atoms with Crippen LogP contribution in [0.15, 0.2) is 36.7 Å². The van der Waals surface area contributed by atoms with Gasteiger partial charge in [-0.2, -0.15) is 39.5 Å². The van der Waals surface area contributed by atoms with Crippen molar-refractivity contribution >= 4 is 0 Å². The Morgan fingerprint density at radius 1 is 0.744 bits per heavy atom. The van der Waals surface area contributed by atoms with Crippen molar-refractivity contribution in [2.45, 2.75) is 82.0 Å². The van der Waals surface area contributed by atoms with Crippen LogP contribution in [-0.4, -0.2) is 53.3 Å². The molecule has 0 bridgehead atoms. The maximum Gasteiger partial charge on any atom is 0.460 e. The van der Waals surface area contributed by atoms with E-state index in [0.717, 1.165) is 38.1 Å². The second-order valence-corrected chi connectivity index (χ2v) is 8.83. The summed E-state index contributed by atoms with van der Waals surface area (Å²) in [6.45, 7) is 1.29. The Morgan fingerprint density at radius 2 is 1.36 bits per heavy atom. The molecule has 0 spiro atoms. The highest BCUT2D eigenvalue weighted by Gasteiger charge is 2.81. The van der Waals surface area contributed by atoms with Gasteiger partial charge in [-0.3, -0.25) is 0 Å². The first-order chi connectivity index (χ1) is 18.1. The maximum absolute atomic E-state index is 13.9. The van der Waals surface area contributed by atoms with Gasteiger partial charge in [-0.25, -0.2) is 14.4 Å². The molecule has 0 N–H and O–H groups in total. The Kier molecular flexibility index (Phi) is 11.2. The minimum absolute atomic E-state index is 0.0810. The van der Waals surface area contributed by atoms with Crippen molar-refractivity contribution in [2.24, 2.45) is 0 Å². The zero-order valence-corrected chi connectivity index (χ0v) is 20.9. The number of hydrogen-bond donors (Lipinski definition) is 0. The summed E-state index contributed by atoms with van der Waals surface area (Å²) in [5.41, 5.74) is 0.540. The number of nitrogens with zero attached hydrogens (tertiary/aromatic N) is 2. The summed E-state index contributed by atoms with van der Waals surface area (Å²) < 4.78 is 140. The second-order valence-electron chi connectivity index (χ2n) is 8.83. The van der Waals surface area contributed by atoms with Crippen LogP contribution in [0, 0.1) is 0 Å². The Hall–Kier alpha value is -2.80. The highest BCUT2D eigenvalue weighted by atomic mass is 19.4. The minimum atomic E-state index is -6.91. The van der Waals surface area contributed by atoms with Crippen molar-refractivity contribution in [3.05, 3.63) is 36.7 Å². The van der Waals surface area contributed by atoms with Crippen LogP contribution in [0.1, 0.15) is 51.9 Å². The molecule has 0 saturated carbocycles. The third-order valence-corrected chi connectivity index (χ3v) is 5.66. The molecule has 0 radical (unpaired) electrons. The number of alkyl halides is 10.